The molecule has 3 rings (SSSR count). The highest BCUT2D eigenvalue weighted by atomic mass is 32.2. The lowest BCUT2D eigenvalue weighted by Gasteiger charge is -2.14. The average molecular weight is 373 g/mol. The van der Waals surface area contributed by atoms with Crippen LogP contribution in [0.15, 0.2) is 47.4 Å². The molecule has 0 atom stereocenters. The second-order valence-electron chi connectivity index (χ2n) is 5.15. The molecule has 25 heavy (non-hydrogen) atoms. The van der Waals surface area contributed by atoms with E-state index in [9.17, 15) is 9.90 Å². The molecule has 0 radical (unpaired) electrons. The van der Waals surface area contributed by atoms with Crippen LogP contribution in [0.3, 0.4) is 0 Å². The van der Waals surface area contributed by atoms with E-state index in [1.807, 2.05) is 6.07 Å². The average Bonchev–Trinajstić information content (AvgIpc) is 2.88. The molecule has 5 nitrogen and oxygen atoms in total. The Hall–Kier alpha value is -2.51. The number of anilines is 1. The predicted molar refractivity (Wildman–Crippen MR) is 103 cm³/mol. The summed E-state index contributed by atoms with van der Waals surface area (Å²) in [7, 11) is 3.13. The maximum absolute atomic E-state index is 12.7. The Morgan fingerprint density at radius 1 is 1.12 bits per heavy atom. The number of benzene rings is 2. The lowest BCUT2D eigenvalue weighted by Crippen LogP contribution is -2.27. The fourth-order valence-electron chi connectivity index (χ4n) is 2.42. The molecule has 1 amide bonds. The molecule has 2 aromatic rings. The van der Waals surface area contributed by atoms with Gasteiger partial charge in [-0.1, -0.05) is 36.1 Å². The number of hydrogen-bond donors (Lipinski definition) is 1. The van der Waals surface area contributed by atoms with Gasteiger partial charge in [0.1, 0.15) is 5.75 Å². The number of rotatable bonds is 4. The van der Waals surface area contributed by atoms with Gasteiger partial charge in [-0.15, -0.1) is 0 Å². The summed E-state index contributed by atoms with van der Waals surface area (Å²) in [4.78, 5) is 14.6. The van der Waals surface area contributed by atoms with Crippen LogP contribution in [0.5, 0.6) is 17.2 Å². The minimum Gasteiger partial charge on any atom is -0.508 e. The smallest absolute Gasteiger partial charge is 0.270 e. The Bertz CT molecular complexity index is 879. The van der Waals surface area contributed by atoms with Crippen molar-refractivity contribution in [3.05, 3.63) is 52.9 Å². The van der Waals surface area contributed by atoms with Crippen molar-refractivity contribution in [3.63, 3.8) is 0 Å². The Kier molecular flexibility index (Phi) is 4.96. The number of carbonyl (C=O) groups excluding carboxylic acids is 1. The van der Waals surface area contributed by atoms with Gasteiger partial charge in [0, 0.05) is 6.07 Å². The molecule has 2 aromatic carbocycles. The van der Waals surface area contributed by atoms with Crippen molar-refractivity contribution in [2.45, 2.75) is 0 Å². The van der Waals surface area contributed by atoms with Crippen LogP contribution in [-0.4, -0.2) is 29.6 Å². The third-order valence-electron chi connectivity index (χ3n) is 3.59. The Balaban J connectivity index is 1.93. The number of amides is 1. The number of methoxy groups -OCH3 is 2. The summed E-state index contributed by atoms with van der Waals surface area (Å²) in [5.74, 6) is 1.05. The van der Waals surface area contributed by atoms with E-state index in [1.54, 1.807) is 50.6 Å². The third-order valence-corrected chi connectivity index (χ3v) is 4.89. The highest BCUT2D eigenvalue weighted by Crippen LogP contribution is 2.37. The summed E-state index contributed by atoms with van der Waals surface area (Å²) in [6, 6.07) is 11.8. The van der Waals surface area contributed by atoms with Crippen LogP contribution in [0.1, 0.15) is 5.56 Å². The largest absolute Gasteiger partial charge is 0.508 e. The fourth-order valence-corrected chi connectivity index (χ4v) is 3.72. The number of hydrogen-bond acceptors (Lipinski definition) is 6. The summed E-state index contributed by atoms with van der Waals surface area (Å²) >= 11 is 6.54. The molecular formula is C18H15NO4S2. The summed E-state index contributed by atoms with van der Waals surface area (Å²) in [5.41, 5.74) is 1.34. The van der Waals surface area contributed by atoms with Crippen LogP contribution in [0.25, 0.3) is 6.08 Å². The molecule has 1 heterocycles. The minimum absolute atomic E-state index is 0.0791. The molecule has 1 N–H and O–H groups in total. The van der Waals surface area contributed by atoms with Gasteiger partial charge < -0.3 is 14.6 Å². The molecule has 0 unspecified atom stereocenters. The van der Waals surface area contributed by atoms with Crippen molar-refractivity contribution in [3.8, 4) is 17.2 Å². The number of thioether (sulfide) groups is 1. The number of carbonyl (C=O) groups is 1. The lowest BCUT2D eigenvalue weighted by molar-refractivity contribution is -0.113. The van der Waals surface area contributed by atoms with E-state index in [-0.39, 0.29) is 11.7 Å². The number of ether oxygens (including phenoxy) is 2. The normalized spacial score (nSPS) is 15.8. The van der Waals surface area contributed by atoms with Crippen LogP contribution >= 0.6 is 24.0 Å². The van der Waals surface area contributed by atoms with Crippen molar-refractivity contribution in [2.24, 2.45) is 0 Å². The molecule has 0 aliphatic carbocycles. The summed E-state index contributed by atoms with van der Waals surface area (Å²) in [6.45, 7) is 0. The topological polar surface area (TPSA) is 59.0 Å². The summed E-state index contributed by atoms with van der Waals surface area (Å²) in [6.07, 6.45) is 1.75. The van der Waals surface area contributed by atoms with Crippen molar-refractivity contribution in [1.82, 2.24) is 0 Å². The molecule has 0 saturated carbocycles. The third kappa shape index (κ3) is 3.47. The molecule has 1 aliphatic heterocycles. The molecule has 0 bridgehead atoms. The number of phenolic OH excluding ortho intramolecular Hbond substituents is 1. The van der Waals surface area contributed by atoms with Crippen molar-refractivity contribution in [2.75, 3.05) is 19.1 Å². The van der Waals surface area contributed by atoms with E-state index in [4.69, 9.17) is 21.7 Å². The Morgan fingerprint density at radius 3 is 2.56 bits per heavy atom. The Morgan fingerprint density at radius 2 is 1.88 bits per heavy atom. The summed E-state index contributed by atoms with van der Waals surface area (Å²) < 4.78 is 10.9. The van der Waals surface area contributed by atoms with E-state index < -0.39 is 0 Å². The maximum Gasteiger partial charge on any atom is 0.270 e. The molecule has 1 aliphatic rings. The number of thiocarbonyl (C=S) groups is 1. The lowest BCUT2D eigenvalue weighted by atomic mass is 10.2. The molecule has 128 valence electrons. The van der Waals surface area contributed by atoms with Crippen LogP contribution in [0.2, 0.25) is 0 Å². The van der Waals surface area contributed by atoms with Gasteiger partial charge in [-0.05, 0) is 35.9 Å². The van der Waals surface area contributed by atoms with Gasteiger partial charge in [0.25, 0.3) is 5.91 Å². The van der Waals surface area contributed by atoms with Crippen LogP contribution < -0.4 is 14.4 Å². The van der Waals surface area contributed by atoms with Gasteiger partial charge in [0.15, 0.2) is 15.8 Å². The van der Waals surface area contributed by atoms with Gasteiger partial charge in [-0.3, -0.25) is 9.69 Å². The quantitative estimate of drug-likeness (QED) is 0.650. The zero-order valence-electron chi connectivity index (χ0n) is 13.6. The summed E-state index contributed by atoms with van der Waals surface area (Å²) in [5, 5.41) is 9.63. The second-order valence-corrected chi connectivity index (χ2v) is 6.83. The van der Waals surface area contributed by atoms with E-state index in [1.165, 1.54) is 22.7 Å². The monoisotopic (exact) mass is 373 g/mol. The SMILES string of the molecule is COc1ccc(/C=C2/SC(=S)N(c3cccc(O)c3)C2=O)cc1OC. The molecule has 7 heteroatoms. The van der Waals surface area contributed by atoms with Gasteiger partial charge in [0.05, 0.1) is 24.8 Å². The van der Waals surface area contributed by atoms with E-state index in [0.29, 0.717) is 26.4 Å². The molecular weight excluding hydrogens is 358 g/mol. The van der Waals surface area contributed by atoms with Crippen molar-refractivity contribution >= 4 is 46.0 Å². The molecule has 0 spiro atoms. The first-order chi connectivity index (χ1) is 12.0. The van der Waals surface area contributed by atoms with Crippen molar-refractivity contribution in [1.29, 1.82) is 0 Å². The number of phenols is 1. The number of nitrogens with zero attached hydrogens (tertiary/aromatic N) is 1. The minimum atomic E-state index is -0.226. The predicted octanol–water partition coefficient (Wildman–Crippen LogP) is 3.82. The van der Waals surface area contributed by atoms with Crippen LogP contribution in [0.4, 0.5) is 5.69 Å². The standard InChI is InChI=1S/C18H15NO4S2/c1-22-14-7-6-11(8-15(14)23-2)9-16-17(21)19(18(24)25-16)12-4-3-5-13(20)10-12/h3-10,20H,1-2H3/b16-9+. The molecule has 0 aromatic heterocycles. The Labute approximate surface area is 154 Å². The van der Waals surface area contributed by atoms with E-state index in [2.05, 4.69) is 0 Å². The second kappa shape index (κ2) is 7.16. The van der Waals surface area contributed by atoms with Gasteiger partial charge in [-0.25, -0.2) is 0 Å². The first-order valence-corrected chi connectivity index (χ1v) is 8.55. The van der Waals surface area contributed by atoms with Crippen LogP contribution in [-0.2, 0) is 4.79 Å². The van der Waals surface area contributed by atoms with Gasteiger partial charge >= 0.3 is 0 Å². The molecule has 1 saturated heterocycles. The van der Waals surface area contributed by atoms with Crippen LogP contribution in [0, 0.1) is 0 Å². The maximum atomic E-state index is 12.7. The zero-order valence-corrected chi connectivity index (χ0v) is 15.2. The van der Waals surface area contributed by atoms with Gasteiger partial charge in [-0.2, -0.15) is 0 Å². The van der Waals surface area contributed by atoms with E-state index in [0.717, 1.165) is 5.56 Å². The highest BCUT2D eigenvalue weighted by molar-refractivity contribution is 8.27. The van der Waals surface area contributed by atoms with E-state index >= 15 is 0 Å². The fraction of sp³-hybridized carbons (Fsp3) is 0.111. The van der Waals surface area contributed by atoms with Gasteiger partial charge in [0.2, 0.25) is 0 Å². The number of aromatic hydroxyl groups is 1. The van der Waals surface area contributed by atoms with Crippen molar-refractivity contribution < 1.29 is 19.4 Å². The first-order valence-electron chi connectivity index (χ1n) is 7.32. The zero-order chi connectivity index (χ0) is 18.0. The highest BCUT2D eigenvalue weighted by Gasteiger charge is 2.33. The first kappa shape index (κ1) is 17.3. The molecule has 1 fully saturated rings.